The van der Waals surface area contributed by atoms with Crippen molar-refractivity contribution in [3.8, 4) is 11.8 Å². The summed E-state index contributed by atoms with van der Waals surface area (Å²) < 4.78 is 5.12. The molecule has 0 aliphatic heterocycles. The Kier molecular flexibility index (Phi) is 4.64. The van der Waals surface area contributed by atoms with Crippen molar-refractivity contribution >= 4 is 17.3 Å². The predicted octanol–water partition coefficient (Wildman–Crippen LogP) is 3.45. The molecule has 0 aromatic carbocycles. The van der Waals surface area contributed by atoms with Gasteiger partial charge in [0.25, 0.3) is 0 Å². The van der Waals surface area contributed by atoms with Gasteiger partial charge in [-0.1, -0.05) is 13.0 Å². The number of hydrogen-bond acceptors (Lipinski definition) is 4. The summed E-state index contributed by atoms with van der Waals surface area (Å²) in [5, 5.41) is 9.32. The molecule has 1 aromatic rings. The molecule has 19 heavy (non-hydrogen) atoms. The molecule has 0 amide bonds. The molecule has 1 unspecified atom stereocenters. The number of rotatable bonds is 4. The van der Waals surface area contributed by atoms with Gasteiger partial charge >= 0.3 is 0 Å². The minimum atomic E-state index is 0.311. The standard InChI is InChI=1S/C15H16N2OS/c1-3-19-15-8-11(9-16)4-6-13(15)14-7-5-12(18-2)10-17-14/h4-7,10,15H,3,8H2,1-2H3. The highest BCUT2D eigenvalue weighted by Crippen LogP contribution is 2.34. The van der Waals surface area contributed by atoms with Crippen LogP contribution in [0.3, 0.4) is 0 Å². The quantitative estimate of drug-likeness (QED) is 0.842. The van der Waals surface area contributed by atoms with Crippen molar-refractivity contribution in [2.45, 2.75) is 18.6 Å². The molecule has 0 saturated carbocycles. The number of nitriles is 1. The van der Waals surface area contributed by atoms with E-state index in [1.165, 1.54) is 5.57 Å². The number of aromatic nitrogens is 1. The smallest absolute Gasteiger partial charge is 0.137 e. The molecule has 1 heterocycles. The summed E-state index contributed by atoms with van der Waals surface area (Å²) in [7, 11) is 1.63. The largest absolute Gasteiger partial charge is 0.495 e. The lowest BCUT2D eigenvalue weighted by molar-refractivity contribution is 0.413. The summed E-state index contributed by atoms with van der Waals surface area (Å²) >= 11 is 1.85. The molecule has 0 spiro atoms. The van der Waals surface area contributed by atoms with Gasteiger partial charge in [0.2, 0.25) is 0 Å². The first-order chi connectivity index (χ1) is 9.28. The van der Waals surface area contributed by atoms with E-state index in [1.807, 2.05) is 36.0 Å². The van der Waals surface area contributed by atoms with Crippen molar-refractivity contribution in [3.63, 3.8) is 0 Å². The highest BCUT2D eigenvalue weighted by Gasteiger charge is 2.21. The molecular formula is C15H16N2OS. The van der Waals surface area contributed by atoms with Crippen LogP contribution in [-0.4, -0.2) is 23.1 Å². The van der Waals surface area contributed by atoms with Crippen LogP contribution in [0.4, 0.5) is 0 Å². The van der Waals surface area contributed by atoms with Gasteiger partial charge in [-0.2, -0.15) is 17.0 Å². The maximum absolute atomic E-state index is 9.01. The Hall–Kier alpha value is -1.73. The van der Waals surface area contributed by atoms with Gasteiger partial charge in [-0.25, -0.2) is 0 Å². The Balaban J connectivity index is 2.30. The lowest BCUT2D eigenvalue weighted by Crippen LogP contribution is -2.11. The minimum absolute atomic E-state index is 0.311. The van der Waals surface area contributed by atoms with Crippen molar-refractivity contribution in [1.82, 2.24) is 4.98 Å². The summed E-state index contributed by atoms with van der Waals surface area (Å²) in [6, 6.07) is 6.13. The van der Waals surface area contributed by atoms with Crippen LogP contribution in [0, 0.1) is 11.3 Å². The first-order valence-corrected chi connectivity index (χ1v) is 7.26. The van der Waals surface area contributed by atoms with Crippen molar-refractivity contribution < 1.29 is 4.74 Å². The molecule has 1 aromatic heterocycles. The van der Waals surface area contributed by atoms with Gasteiger partial charge in [0, 0.05) is 10.8 Å². The average molecular weight is 272 g/mol. The summed E-state index contributed by atoms with van der Waals surface area (Å²) in [6.07, 6.45) is 6.43. The zero-order valence-corrected chi connectivity index (χ0v) is 11.9. The summed E-state index contributed by atoms with van der Waals surface area (Å²) in [5.74, 6) is 1.78. The Bertz CT molecular complexity index is 540. The van der Waals surface area contributed by atoms with Gasteiger partial charge < -0.3 is 4.74 Å². The van der Waals surface area contributed by atoms with Crippen LogP contribution in [0.5, 0.6) is 5.75 Å². The van der Waals surface area contributed by atoms with Gasteiger partial charge in [-0.3, -0.25) is 4.98 Å². The van der Waals surface area contributed by atoms with E-state index < -0.39 is 0 Å². The topological polar surface area (TPSA) is 45.9 Å². The molecule has 0 N–H and O–H groups in total. The van der Waals surface area contributed by atoms with Crippen molar-refractivity contribution in [3.05, 3.63) is 41.7 Å². The molecule has 0 saturated heterocycles. The Morgan fingerprint density at radius 3 is 2.89 bits per heavy atom. The average Bonchev–Trinajstić information content (AvgIpc) is 2.47. The van der Waals surface area contributed by atoms with Gasteiger partial charge in [0.1, 0.15) is 5.75 Å². The lowest BCUT2D eigenvalue weighted by atomic mass is 9.96. The van der Waals surface area contributed by atoms with Crippen LogP contribution in [-0.2, 0) is 0 Å². The van der Waals surface area contributed by atoms with Gasteiger partial charge in [0.05, 0.1) is 25.1 Å². The fraction of sp³-hybridized carbons (Fsp3) is 0.333. The Labute approximate surface area is 118 Å². The fourth-order valence-corrected chi connectivity index (χ4v) is 3.11. The summed E-state index contributed by atoms with van der Waals surface area (Å²) in [6.45, 7) is 2.13. The maximum Gasteiger partial charge on any atom is 0.137 e. The van der Waals surface area contributed by atoms with E-state index in [1.54, 1.807) is 13.3 Å². The molecule has 98 valence electrons. The van der Waals surface area contributed by atoms with Crippen LogP contribution < -0.4 is 4.74 Å². The number of nitrogens with zero attached hydrogens (tertiary/aromatic N) is 2. The number of thioether (sulfide) groups is 1. The SMILES string of the molecule is CCSC1CC(C#N)=CC=C1c1ccc(OC)cn1. The molecule has 1 aliphatic carbocycles. The first kappa shape index (κ1) is 13.7. The van der Waals surface area contributed by atoms with E-state index in [0.717, 1.165) is 29.2 Å². The monoisotopic (exact) mass is 272 g/mol. The maximum atomic E-state index is 9.01. The molecule has 1 atom stereocenters. The predicted molar refractivity (Wildman–Crippen MR) is 79.0 cm³/mol. The van der Waals surface area contributed by atoms with Crippen molar-refractivity contribution in [1.29, 1.82) is 5.26 Å². The number of pyridine rings is 1. The fourth-order valence-electron chi connectivity index (χ4n) is 2.03. The van der Waals surface area contributed by atoms with Gasteiger partial charge in [-0.05, 0) is 36.0 Å². The van der Waals surface area contributed by atoms with Crippen LogP contribution >= 0.6 is 11.8 Å². The molecular weight excluding hydrogens is 256 g/mol. The molecule has 0 fully saturated rings. The molecule has 0 bridgehead atoms. The lowest BCUT2D eigenvalue weighted by Gasteiger charge is -2.21. The minimum Gasteiger partial charge on any atom is -0.495 e. The number of methoxy groups -OCH3 is 1. The Morgan fingerprint density at radius 2 is 2.32 bits per heavy atom. The number of allylic oxidation sites excluding steroid dienone is 3. The molecule has 4 heteroatoms. The second-order valence-electron chi connectivity index (χ2n) is 4.16. The van der Waals surface area contributed by atoms with E-state index in [4.69, 9.17) is 10.00 Å². The third-order valence-corrected chi connectivity index (χ3v) is 4.15. The normalized spacial score (nSPS) is 18.3. The van der Waals surface area contributed by atoms with E-state index in [-0.39, 0.29) is 0 Å². The molecule has 0 radical (unpaired) electrons. The Morgan fingerprint density at radius 1 is 1.47 bits per heavy atom. The van der Waals surface area contributed by atoms with Crippen LogP contribution in [0.15, 0.2) is 36.1 Å². The highest BCUT2D eigenvalue weighted by molar-refractivity contribution is 8.00. The number of hydrogen-bond donors (Lipinski definition) is 0. The first-order valence-electron chi connectivity index (χ1n) is 6.21. The highest BCUT2D eigenvalue weighted by atomic mass is 32.2. The van der Waals surface area contributed by atoms with E-state index in [2.05, 4.69) is 18.0 Å². The van der Waals surface area contributed by atoms with Gasteiger partial charge in [0.15, 0.2) is 0 Å². The zero-order valence-electron chi connectivity index (χ0n) is 11.1. The third kappa shape index (κ3) is 3.18. The van der Waals surface area contributed by atoms with Crippen molar-refractivity contribution in [2.24, 2.45) is 0 Å². The van der Waals surface area contributed by atoms with Crippen LogP contribution in [0.2, 0.25) is 0 Å². The van der Waals surface area contributed by atoms with Crippen molar-refractivity contribution in [2.75, 3.05) is 12.9 Å². The van der Waals surface area contributed by atoms with E-state index in [0.29, 0.717) is 5.25 Å². The molecule has 3 nitrogen and oxygen atoms in total. The van der Waals surface area contributed by atoms with E-state index >= 15 is 0 Å². The zero-order chi connectivity index (χ0) is 13.7. The second kappa shape index (κ2) is 6.44. The van der Waals surface area contributed by atoms with Crippen LogP contribution in [0.1, 0.15) is 19.0 Å². The summed E-state index contributed by atoms with van der Waals surface area (Å²) in [4.78, 5) is 4.44. The molecule has 1 aliphatic rings. The molecule has 2 rings (SSSR count). The van der Waals surface area contributed by atoms with E-state index in [9.17, 15) is 0 Å². The second-order valence-corrected chi connectivity index (χ2v) is 5.64. The number of ether oxygens (including phenoxy) is 1. The third-order valence-electron chi connectivity index (χ3n) is 3.00. The summed E-state index contributed by atoms with van der Waals surface area (Å²) in [5.41, 5.74) is 2.98. The van der Waals surface area contributed by atoms with Gasteiger partial charge in [-0.15, -0.1) is 0 Å². The van der Waals surface area contributed by atoms with Crippen LogP contribution in [0.25, 0.3) is 5.57 Å².